The Morgan fingerprint density at radius 1 is 1.04 bits per heavy atom. The maximum atomic E-state index is 12.5. The zero-order chi connectivity index (χ0) is 17.9. The largest absolute Gasteiger partial charge is 0.336 e. The molecule has 1 aliphatic heterocycles. The number of carbonyl (C=O) groups is 1. The minimum Gasteiger partial charge on any atom is -0.336 e. The second-order valence-corrected chi connectivity index (χ2v) is 6.50. The molecule has 5 heteroatoms. The van der Waals surface area contributed by atoms with Crippen LogP contribution in [0.5, 0.6) is 0 Å². The number of carbonyl (C=O) groups excluding carboxylic acids is 1. The highest BCUT2D eigenvalue weighted by Crippen LogP contribution is 2.22. The van der Waals surface area contributed by atoms with Crippen LogP contribution in [0.2, 0.25) is 0 Å². The van der Waals surface area contributed by atoms with Crippen LogP contribution in [0.3, 0.4) is 0 Å². The van der Waals surface area contributed by atoms with Gasteiger partial charge in [-0.25, -0.2) is 9.97 Å². The summed E-state index contributed by atoms with van der Waals surface area (Å²) in [5.74, 6) is 0.367. The van der Waals surface area contributed by atoms with Crippen molar-refractivity contribution in [1.82, 2.24) is 9.97 Å². The topological polar surface area (TPSA) is 58.1 Å². The van der Waals surface area contributed by atoms with Crippen molar-refractivity contribution in [3.05, 3.63) is 83.2 Å². The lowest BCUT2D eigenvalue weighted by Gasteiger charge is -2.28. The Bertz CT molecular complexity index is 937. The van der Waals surface area contributed by atoms with Gasteiger partial charge in [0.2, 0.25) is 5.95 Å². The number of aryl methyl sites for hydroxylation is 1. The monoisotopic (exact) mass is 344 g/mol. The number of anilines is 2. The molecule has 1 aromatic heterocycles. The second-order valence-electron chi connectivity index (χ2n) is 6.50. The van der Waals surface area contributed by atoms with Crippen LogP contribution in [0.25, 0.3) is 0 Å². The molecule has 3 aromatic rings. The smallest absolute Gasteiger partial charge is 0.274 e. The van der Waals surface area contributed by atoms with Gasteiger partial charge in [0.15, 0.2) is 0 Å². The Hall–Kier alpha value is -3.21. The molecular formula is C21H20N4O. The highest BCUT2D eigenvalue weighted by atomic mass is 16.1. The number of nitrogens with one attached hydrogen (secondary N) is 1. The van der Waals surface area contributed by atoms with Crippen molar-refractivity contribution in [2.24, 2.45) is 0 Å². The molecule has 2 aromatic carbocycles. The van der Waals surface area contributed by atoms with Gasteiger partial charge in [0, 0.05) is 25.0 Å². The van der Waals surface area contributed by atoms with Gasteiger partial charge in [0.25, 0.3) is 5.91 Å². The summed E-state index contributed by atoms with van der Waals surface area (Å²) in [6, 6.07) is 17.8. The SMILES string of the molecule is Cc1ccc(NC(=O)c2ccnc(N3CCc4ccccc4C3)n2)cc1. The zero-order valence-corrected chi connectivity index (χ0v) is 14.6. The highest BCUT2D eigenvalue weighted by Gasteiger charge is 2.19. The van der Waals surface area contributed by atoms with Crippen LogP contribution in [0.4, 0.5) is 11.6 Å². The molecule has 130 valence electrons. The molecule has 1 amide bonds. The second kappa shape index (κ2) is 6.96. The molecule has 2 heterocycles. The van der Waals surface area contributed by atoms with Crippen LogP contribution in [0, 0.1) is 6.92 Å². The van der Waals surface area contributed by atoms with E-state index < -0.39 is 0 Å². The summed E-state index contributed by atoms with van der Waals surface area (Å²) in [6.45, 7) is 3.62. The first-order valence-corrected chi connectivity index (χ1v) is 8.72. The van der Waals surface area contributed by atoms with Crippen LogP contribution in [0.15, 0.2) is 60.8 Å². The standard InChI is InChI=1S/C21H20N4O/c1-15-6-8-18(9-7-15)23-20(26)19-10-12-22-21(24-19)25-13-11-16-4-2-3-5-17(16)14-25/h2-10,12H,11,13-14H2,1H3,(H,23,26). The molecular weight excluding hydrogens is 324 g/mol. The van der Waals surface area contributed by atoms with Crippen molar-refractivity contribution in [1.29, 1.82) is 0 Å². The van der Waals surface area contributed by atoms with Crippen molar-refractivity contribution in [2.45, 2.75) is 19.9 Å². The van der Waals surface area contributed by atoms with E-state index in [4.69, 9.17) is 0 Å². The third-order valence-corrected chi connectivity index (χ3v) is 4.60. The lowest BCUT2D eigenvalue weighted by atomic mass is 10.0. The molecule has 1 aliphatic rings. The van der Waals surface area contributed by atoms with E-state index in [1.807, 2.05) is 31.2 Å². The highest BCUT2D eigenvalue weighted by molar-refractivity contribution is 6.02. The van der Waals surface area contributed by atoms with Gasteiger partial charge in [-0.05, 0) is 42.7 Å². The zero-order valence-electron chi connectivity index (χ0n) is 14.6. The quantitative estimate of drug-likeness (QED) is 0.789. The molecule has 0 saturated heterocycles. The van der Waals surface area contributed by atoms with Crippen molar-refractivity contribution in [3.63, 3.8) is 0 Å². The summed E-state index contributed by atoms with van der Waals surface area (Å²) in [5, 5.41) is 2.88. The first kappa shape index (κ1) is 16.3. The Labute approximate surface area is 152 Å². The van der Waals surface area contributed by atoms with Gasteiger partial charge in [-0.15, -0.1) is 0 Å². The molecule has 0 bridgehead atoms. The summed E-state index contributed by atoms with van der Waals surface area (Å²) in [7, 11) is 0. The van der Waals surface area contributed by atoms with Crippen LogP contribution in [-0.4, -0.2) is 22.4 Å². The van der Waals surface area contributed by atoms with Gasteiger partial charge < -0.3 is 10.2 Å². The van der Waals surface area contributed by atoms with Crippen molar-refractivity contribution in [3.8, 4) is 0 Å². The number of hydrogen-bond acceptors (Lipinski definition) is 4. The van der Waals surface area contributed by atoms with Crippen LogP contribution < -0.4 is 10.2 Å². The van der Waals surface area contributed by atoms with Gasteiger partial charge in [-0.2, -0.15) is 0 Å². The van der Waals surface area contributed by atoms with Crippen LogP contribution >= 0.6 is 0 Å². The van der Waals surface area contributed by atoms with Gasteiger partial charge >= 0.3 is 0 Å². The Morgan fingerprint density at radius 2 is 1.81 bits per heavy atom. The fourth-order valence-electron chi connectivity index (χ4n) is 3.13. The Morgan fingerprint density at radius 3 is 2.62 bits per heavy atom. The number of aromatic nitrogens is 2. The van der Waals surface area contributed by atoms with E-state index in [0.717, 1.165) is 30.8 Å². The molecule has 26 heavy (non-hydrogen) atoms. The van der Waals surface area contributed by atoms with E-state index in [1.54, 1.807) is 12.3 Å². The Kier molecular flexibility index (Phi) is 4.35. The predicted molar refractivity (Wildman–Crippen MR) is 102 cm³/mol. The number of nitrogens with zero attached hydrogens (tertiary/aromatic N) is 3. The van der Waals surface area contributed by atoms with E-state index in [9.17, 15) is 4.79 Å². The van der Waals surface area contributed by atoms with E-state index >= 15 is 0 Å². The van der Waals surface area contributed by atoms with E-state index in [0.29, 0.717) is 11.6 Å². The molecule has 0 radical (unpaired) electrons. The third kappa shape index (κ3) is 3.42. The summed E-state index contributed by atoms with van der Waals surface area (Å²) in [6.07, 6.45) is 2.60. The molecule has 0 aliphatic carbocycles. The van der Waals surface area contributed by atoms with E-state index in [1.165, 1.54) is 11.1 Å². The third-order valence-electron chi connectivity index (χ3n) is 4.60. The lowest BCUT2D eigenvalue weighted by molar-refractivity contribution is 0.102. The fourth-order valence-corrected chi connectivity index (χ4v) is 3.13. The van der Waals surface area contributed by atoms with Gasteiger partial charge in [-0.1, -0.05) is 42.0 Å². The first-order chi connectivity index (χ1) is 12.7. The van der Waals surface area contributed by atoms with Crippen LogP contribution in [0.1, 0.15) is 27.2 Å². The van der Waals surface area contributed by atoms with E-state index in [2.05, 4.69) is 44.5 Å². The maximum absolute atomic E-state index is 12.5. The van der Waals surface area contributed by atoms with Gasteiger partial charge in [0.1, 0.15) is 5.69 Å². The molecule has 0 fully saturated rings. The molecule has 0 atom stereocenters. The van der Waals surface area contributed by atoms with Crippen molar-refractivity contribution < 1.29 is 4.79 Å². The van der Waals surface area contributed by atoms with E-state index in [-0.39, 0.29) is 5.91 Å². The first-order valence-electron chi connectivity index (χ1n) is 8.72. The summed E-state index contributed by atoms with van der Waals surface area (Å²) >= 11 is 0. The van der Waals surface area contributed by atoms with Gasteiger partial charge in [-0.3, -0.25) is 4.79 Å². The molecule has 4 rings (SSSR count). The minimum atomic E-state index is -0.227. The lowest BCUT2D eigenvalue weighted by Crippen LogP contribution is -2.32. The number of rotatable bonds is 3. The normalized spacial score (nSPS) is 13.2. The Balaban J connectivity index is 1.51. The molecule has 0 saturated carbocycles. The van der Waals surface area contributed by atoms with Gasteiger partial charge in [0.05, 0.1) is 0 Å². The number of amides is 1. The molecule has 1 N–H and O–H groups in total. The summed E-state index contributed by atoms with van der Waals surface area (Å²) < 4.78 is 0. The fraction of sp³-hybridized carbons (Fsp3) is 0.190. The maximum Gasteiger partial charge on any atom is 0.274 e. The minimum absolute atomic E-state index is 0.227. The molecule has 0 unspecified atom stereocenters. The number of hydrogen-bond donors (Lipinski definition) is 1. The average molecular weight is 344 g/mol. The number of fused-ring (bicyclic) bond motifs is 1. The number of benzene rings is 2. The van der Waals surface area contributed by atoms with Crippen LogP contribution in [-0.2, 0) is 13.0 Å². The summed E-state index contributed by atoms with van der Waals surface area (Å²) in [4.78, 5) is 23.5. The summed E-state index contributed by atoms with van der Waals surface area (Å²) in [5.41, 5.74) is 4.94. The predicted octanol–water partition coefficient (Wildman–Crippen LogP) is 3.60. The van der Waals surface area contributed by atoms with Crippen molar-refractivity contribution in [2.75, 3.05) is 16.8 Å². The molecule has 5 nitrogen and oxygen atoms in total. The molecule has 0 spiro atoms. The van der Waals surface area contributed by atoms with Crippen molar-refractivity contribution >= 4 is 17.5 Å². The average Bonchev–Trinajstić information content (AvgIpc) is 2.69.